The van der Waals surface area contributed by atoms with E-state index < -0.39 is 10.0 Å². The van der Waals surface area contributed by atoms with Crippen molar-refractivity contribution in [1.82, 2.24) is 5.32 Å². The molecule has 2 N–H and O–H groups in total. The molecule has 1 fully saturated rings. The highest BCUT2D eigenvalue weighted by atomic mass is 32.2. The van der Waals surface area contributed by atoms with E-state index in [0.717, 1.165) is 24.8 Å². The molecule has 0 radical (unpaired) electrons. The number of carbonyl (C=O) groups is 1. The third-order valence-electron chi connectivity index (χ3n) is 5.10. The summed E-state index contributed by atoms with van der Waals surface area (Å²) < 4.78 is 27.9. The van der Waals surface area contributed by atoms with Crippen molar-refractivity contribution in [2.24, 2.45) is 5.92 Å². The normalized spacial score (nSPS) is 20.1. The van der Waals surface area contributed by atoms with E-state index in [0.29, 0.717) is 17.2 Å². The minimum absolute atomic E-state index is 0.0772. The second-order valence-corrected chi connectivity index (χ2v) is 9.03. The van der Waals surface area contributed by atoms with Gasteiger partial charge >= 0.3 is 0 Å². The maximum atomic E-state index is 12.7. The minimum Gasteiger partial charge on any atom is -0.349 e. The molecule has 1 saturated carbocycles. The molecule has 2 aromatic carbocycles. The molecule has 1 amide bonds. The van der Waals surface area contributed by atoms with Crippen LogP contribution >= 0.6 is 0 Å². The Hall–Kier alpha value is -2.34. The van der Waals surface area contributed by atoms with Gasteiger partial charge in [-0.05, 0) is 61.6 Å². The van der Waals surface area contributed by atoms with Gasteiger partial charge < -0.3 is 5.32 Å². The molecule has 6 heteroatoms. The Kier molecular flexibility index (Phi) is 5.85. The highest BCUT2D eigenvalue weighted by Gasteiger charge is 2.24. The lowest BCUT2D eigenvalue weighted by molar-refractivity contribution is 0.0910. The standard InChI is InChI=1S/C21H26N2O3S/c1-15-7-5-10-18(13-15)23-27(25,26)19-11-6-9-17(14-19)21(24)22-20-12-4-3-8-16(20)2/h5-7,9-11,13-14,16,20,23H,3-4,8,12H2,1-2H3,(H,22,24)/t16-,20-/m0/s1. The Balaban J connectivity index is 1.76. The zero-order chi connectivity index (χ0) is 19.4. The molecule has 3 rings (SSSR count). The van der Waals surface area contributed by atoms with Gasteiger partial charge in [0.1, 0.15) is 0 Å². The predicted molar refractivity (Wildman–Crippen MR) is 107 cm³/mol. The molecule has 5 nitrogen and oxygen atoms in total. The second kappa shape index (κ2) is 8.13. The number of hydrogen-bond acceptors (Lipinski definition) is 3. The molecule has 0 spiro atoms. The largest absolute Gasteiger partial charge is 0.349 e. The molecule has 0 unspecified atom stereocenters. The van der Waals surface area contributed by atoms with E-state index in [9.17, 15) is 13.2 Å². The van der Waals surface area contributed by atoms with Crippen molar-refractivity contribution in [3.63, 3.8) is 0 Å². The van der Waals surface area contributed by atoms with Crippen LogP contribution < -0.4 is 10.0 Å². The van der Waals surface area contributed by atoms with Crippen molar-refractivity contribution in [2.75, 3.05) is 4.72 Å². The number of benzene rings is 2. The van der Waals surface area contributed by atoms with Crippen molar-refractivity contribution in [2.45, 2.75) is 50.5 Å². The van der Waals surface area contributed by atoms with Gasteiger partial charge in [0.25, 0.3) is 15.9 Å². The molecule has 27 heavy (non-hydrogen) atoms. The summed E-state index contributed by atoms with van der Waals surface area (Å²) in [5.41, 5.74) is 1.82. The summed E-state index contributed by atoms with van der Waals surface area (Å²) in [7, 11) is -3.76. The molecule has 0 saturated heterocycles. The Morgan fingerprint density at radius 3 is 2.52 bits per heavy atom. The zero-order valence-corrected chi connectivity index (χ0v) is 16.6. The van der Waals surface area contributed by atoms with Crippen LogP contribution in [0.1, 0.15) is 48.5 Å². The van der Waals surface area contributed by atoms with Crippen molar-refractivity contribution in [1.29, 1.82) is 0 Å². The molecule has 2 atom stereocenters. The Bertz CT molecular complexity index is 925. The first kappa shape index (κ1) is 19.4. The summed E-state index contributed by atoms with van der Waals surface area (Å²) in [6.45, 7) is 4.05. The monoisotopic (exact) mass is 386 g/mol. The van der Waals surface area contributed by atoms with Gasteiger partial charge in [-0.1, -0.05) is 38.0 Å². The summed E-state index contributed by atoms with van der Waals surface area (Å²) in [6, 6.07) is 13.5. The number of nitrogens with one attached hydrogen (secondary N) is 2. The van der Waals surface area contributed by atoms with E-state index in [1.807, 2.05) is 13.0 Å². The summed E-state index contributed by atoms with van der Waals surface area (Å²) >= 11 is 0. The number of hydrogen-bond donors (Lipinski definition) is 2. The highest BCUT2D eigenvalue weighted by molar-refractivity contribution is 7.92. The lowest BCUT2D eigenvalue weighted by atomic mass is 9.86. The molecule has 1 aliphatic carbocycles. The number of anilines is 1. The smallest absolute Gasteiger partial charge is 0.261 e. The molecule has 144 valence electrons. The molecule has 0 heterocycles. The first-order valence-corrected chi connectivity index (χ1v) is 10.8. The summed E-state index contributed by atoms with van der Waals surface area (Å²) in [5, 5.41) is 3.07. The first-order chi connectivity index (χ1) is 12.8. The Labute approximate surface area is 161 Å². The van der Waals surface area contributed by atoms with Crippen LogP contribution in [0.3, 0.4) is 0 Å². The lowest BCUT2D eigenvalue weighted by Gasteiger charge is -2.29. The Morgan fingerprint density at radius 1 is 1.04 bits per heavy atom. The molecule has 0 aliphatic heterocycles. The Morgan fingerprint density at radius 2 is 1.78 bits per heavy atom. The third-order valence-corrected chi connectivity index (χ3v) is 6.48. The van der Waals surface area contributed by atoms with E-state index in [-0.39, 0.29) is 16.8 Å². The van der Waals surface area contributed by atoms with Crippen LogP contribution in [-0.2, 0) is 10.0 Å². The highest BCUT2D eigenvalue weighted by Crippen LogP contribution is 2.24. The second-order valence-electron chi connectivity index (χ2n) is 7.34. The quantitative estimate of drug-likeness (QED) is 0.812. The van der Waals surface area contributed by atoms with Gasteiger partial charge in [-0.15, -0.1) is 0 Å². The van der Waals surface area contributed by atoms with E-state index in [2.05, 4.69) is 17.0 Å². The lowest BCUT2D eigenvalue weighted by Crippen LogP contribution is -2.41. The van der Waals surface area contributed by atoms with Gasteiger partial charge in [0.05, 0.1) is 4.90 Å². The number of carbonyl (C=O) groups excluding carboxylic acids is 1. The van der Waals surface area contributed by atoms with Gasteiger partial charge in [-0.3, -0.25) is 9.52 Å². The number of amides is 1. The van der Waals surface area contributed by atoms with Crippen LogP contribution in [-0.4, -0.2) is 20.4 Å². The van der Waals surface area contributed by atoms with E-state index in [1.54, 1.807) is 30.3 Å². The van der Waals surface area contributed by atoms with Crippen LogP contribution in [0.4, 0.5) is 5.69 Å². The van der Waals surface area contributed by atoms with E-state index in [1.165, 1.54) is 18.6 Å². The topological polar surface area (TPSA) is 75.3 Å². The fourth-order valence-corrected chi connectivity index (χ4v) is 4.60. The number of aryl methyl sites for hydroxylation is 1. The molecular formula is C21H26N2O3S. The van der Waals surface area contributed by atoms with Gasteiger partial charge in [0, 0.05) is 17.3 Å². The van der Waals surface area contributed by atoms with Crippen LogP contribution in [0.2, 0.25) is 0 Å². The summed E-state index contributed by atoms with van der Waals surface area (Å²) in [4.78, 5) is 12.7. The average molecular weight is 387 g/mol. The maximum Gasteiger partial charge on any atom is 0.261 e. The molecule has 2 aromatic rings. The van der Waals surface area contributed by atoms with Crippen molar-refractivity contribution >= 4 is 21.6 Å². The van der Waals surface area contributed by atoms with Crippen LogP contribution in [0.5, 0.6) is 0 Å². The predicted octanol–water partition coefficient (Wildman–Crippen LogP) is 4.10. The van der Waals surface area contributed by atoms with Crippen molar-refractivity contribution in [3.05, 3.63) is 59.7 Å². The van der Waals surface area contributed by atoms with E-state index >= 15 is 0 Å². The van der Waals surface area contributed by atoms with Crippen LogP contribution in [0.25, 0.3) is 0 Å². The molecule has 0 bridgehead atoms. The first-order valence-electron chi connectivity index (χ1n) is 9.35. The van der Waals surface area contributed by atoms with Gasteiger partial charge in [-0.25, -0.2) is 8.42 Å². The summed E-state index contributed by atoms with van der Waals surface area (Å²) in [5.74, 6) is 0.221. The third kappa shape index (κ3) is 4.89. The SMILES string of the molecule is Cc1cccc(NS(=O)(=O)c2cccc(C(=O)N[C@H]3CCCC[C@@H]3C)c2)c1. The number of rotatable bonds is 5. The zero-order valence-electron chi connectivity index (χ0n) is 15.7. The van der Waals surface area contributed by atoms with Crippen LogP contribution in [0, 0.1) is 12.8 Å². The molecular weight excluding hydrogens is 360 g/mol. The minimum atomic E-state index is -3.76. The van der Waals surface area contributed by atoms with E-state index in [4.69, 9.17) is 0 Å². The van der Waals surface area contributed by atoms with Gasteiger partial charge in [-0.2, -0.15) is 0 Å². The van der Waals surface area contributed by atoms with Crippen molar-refractivity contribution in [3.8, 4) is 0 Å². The fraction of sp³-hybridized carbons (Fsp3) is 0.381. The van der Waals surface area contributed by atoms with Crippen molar-refractivity contribution < 1.29 is 13.2 Å². The van der Waals surface area contributed by atoms with Gasteiger partial charge in [0.15, 0.2) is 0 Å². The van der Waals surface area contributed by atoms with Crippen LogP contribution in [0.15, 0.2) is 53.4 Å². The molecule has 1 aliphatic rings. The average Bonchev–Trinajstić information content (AvgIpc) is 2.63. The molecule has 0 aromatic heterocycles. The summed E-state index contributed by atoms with van der Waals surface area (Å²) in [6.07, 6.45) is 4.40. The number of sulfonamides is 1. The van der Waals surface area contributed by atoms with Gasteiger partial charge in [0.2, 0.25) is 0 Å². The fourth-order valence-electron chi connectivity index (χ4n) is 3.51. The maximum absolute atomic E-state index is 12.7.